The molecule has 0 radical (unpaired) electrons. The Hall–Kier alpha value is -4.26. The standard InChI is InChI=1S/C30H32N4O3/c1-37-24-13-11-21(12-14-24)29-26(25-9-5-6-10-27(25)33-29)15-16-28(35)31-23-17-19-34(20-18-23)30(36)32-22-7-3-2-4-8-22/h2-14,23,33H,15-20H2,1H3,(H,31,35)(H,32,36). The van der Waals surface area contributed by atoms with Crippen molar-refractivity contribution in [1.29, 1.82) is 0 Å². The molecule has 0 aliphatic carbocycles. The van der Waals surface area contributed by atoms with Crippen molar-refractivity contribution in [2.24, 2.45) is 0 Å². The van der Waals surface area contributed by atoms with E-state index in [9.17, 15) is 9.59 Å². The van der Waals surface area contributed by atoms with Crippen LogP contribution in [0.1, 0.15) is 24.8 Å². The van der Waals surface area contributed by atoms with Crippen LogP contribution in [-0.2, 0) is 11.2 Å². The second kappa shape index (κ2) is 11.2. The van der Waals surface area contributed by atoms with E-state index in [-0.39, 0.29) is 18.0 Å². The van der Waals surface area contributed by atoms with Crippen LogP contribution in [0.4, 0.5) is 10.5 Å². The highest BCUT2D eigenvalue weighted by Gasteiger charge is 2.24. The van der Waals surface area contributed by atoms with Crippen molar-refractivity contribution < 1.29 is 14.3 Å². The van der Waals surface area contributed by atoms with E-state index in [1.54, 1.807) is 7.11 Å². The van der Waals surface area contributed by atoms with Crippen molar-refractivity contribution in [1.82, 2.24) is 15.2 Å². The number of methoxy groups -OCH3 is 1. The molecule has 0 bridgehead atoms. The van der Waals surface area contributed by atoms with E-state index in [1.165, 1.54) is 0 Å². The van der Waals surface area contributed by atoms with Gasteiger partial charge in [-0.3, -0.25) is 4.79 Å². The minimum atomic E-state index is -0.0960. The Morgan fingerprint density at radius 2 is 1.65 bits per heavy atom. The molecule has 1 aromatic heterocycles. The molecule has 1 fully saturated rings. The number of rotatable bonds is 7. The number of aromatic nitrogens is 1. The van der Waals surface area contributed by atoms with E-state index >= 15 is 0 Å². The van der Waals surface area contributed by atoms with Crippen molar-refractivity contribution in [3.8, 4) is 17.0 Å². The van der Waals surface area contributed by atoms with Crippen LogP contribution >= 0.6 is 0 Å². The summed E-state index contributed by atoms with van der Waals surface area (Å²) in [6, 6.07) is 25.6. The smallest absolute Gasteiger partial charge is 0.321 e. The van der Waals surface area contributed by atoms with Crippen molar-refractivity contribution in [2.75, 3.05) is 25.5 Å². The van der Waals surface area contributed by atoms with E-state index in [1.807, 2.05) is 71.6 Å². The van der Waals surface area contributed by atoms with Crippen LogP contribution in [0.3, 0.4) is 0 Å². The van der Waals surface area contributed by atoms with E-state index in [4.69, 9.17) is 4.74 Å². The minimum Gasteiger partial charge on any atom is -0.497 e. The van der Waals surface area contributed by atoms with Gasteiger partial charge in [0.05, 0.1) is 7.11 Å². The molecule has 5 rings (SSSR count). The molecule has 3 aromatic carbocycles. The van der Waals surface area contributed by atoms with Crippen LogP contribution in [0.15, 0.2) is 78.9 Å². The monoisotopic (exact) mass is 496 g/mol. The molecule has 1 aliphatic rings. The highest BCUT2D eigenvalue weighted by molar-refractivity contribution is 5.91. The third-order valence-corrected chi connectivity index (χ3v) is 6.97. The fourth-order valence-electron chi connectivity index (χ4n) is 4.95. The lowest BCUT2D eigenvalue weighted by Crippen LogP contribution is -2.47. The van der Waals surface area contributed by atoms with Gasteiger partial charge < -0.3 is 25.3 Å². The predicted octanol–water partition coefficient (Wildman–Crippen LogP) is 5.59. The maximum atomic E-state index is 12.9. The third kappa shape index (κ3) is 5.77. The quantitative estimate of drug-likeness (QED) is 0.312. The molecule has 0 atom stereocenters. The number of piperidine rings is 1. The molecule has 7 nitrogen and oxygen atoms in total. The molecule has 0 spiro atoms. The number of amides is 3. The van der Waals surface area contributed by atoms with Crippen LogP contribution in [0.25, 0.3) is 22.2 Å². The second-order valence-electron chi connectivity index (χ2n) is 9.38. The highest BCUT2D eigenvalue weighted by atomic mass is 16.5. The largest absolute Gasteiger partial charge is 0.497 e. The summed E-state index contributed by atoms with van der Waals surface area (Å²) in [7, 11) is 1.66. The van der Waals surface area contributed by atoms with Gasteiger partial charge in [0.25, 0.3) is 0 Å². The number of hydrogen-bond donors (Lipinski definition) is 3. The molecule has 190 valence electrons. The molecule has 1 saturated heterocycles. The lowest BCUT2D eigenvalue weighted by atomic mass is 10.00. The van der Waals surface area contributed by atoms with Crippen LogP contribution in [0.5, 0.6) is 5.75 Å². The summed E-state index contributed by atoms with van der Waals surface area (Å²) in [5.41, 5.74) is 5.09. The van der Waals surface area contributed by atoms with Crippen molar-refractivity contribution in [3.05, 3.63) is 84.4 Å². The SMILES string of the molecule is COc1ccc(-c2[nH]c3ccccc3c2CCC(=O)NC2CCN(C(=O)Nc3ccccc3)CC2)cc1. The van der Waals surface area contributed by atoms with Gasteiger partial charge in [-0.25, -0.2) is 4.79 Å². The maximum absolute atomic E-state index is 12.9. The Kier molecular flexibility index (Phi) is 7.40. The van der Waals surface area contributed by atoms with Gasteiger partial charge in [-0.2, -0.15) is 0 Å². The van der Waals surface area contributed by atoms with Crippen LogP contribution < -0.4 is 15.4 Å². The number of aryl methyl sites for hydroxylation is 1. The summed E-state index contributed by atoms with van der Waals surface area (Å²) in [5.74, 6) is 0.850. The van der Waals surface area contributed by atoms with Gasteiger partial charge in [0.1, 0.15) is 5.75 Å². The van der Waals surface area contributed by atoms with Crippen molar-refractivity contribution >= 4 is 28.5 Å². The van der Waals surface area contributed by atoms with Crippen LogP contribution in [0.2, 0.25) is 0 Å². The van der Waals surface area contributed by atoms with E-state index in [0.717, 1.165) is 52.0 Å². The predicted molar refractivity (Wildman–Crippen MR) is 147 cm³/mol. The van der Waals surface area contributed by atoms with Crippen LogP contribution in [-0.4, -0.2) is 48.1 Å². The number of likely N-dealkylation sites (tertiary alicyclic amines) is 1. The first-order chi connectivity index (χ1) is 18.1. The summed E-state index contributed by atoms with van der Waals surface area (Å²) in [6.45, 7) is 1.24. The second-order valence-corrected chi connectivity index (χ2v) is 9.38. The Bertz CT molecular complexity index is 1360. The molecular weight excluding hydrogens is 464 g/mol. The number of carbonyl (C=O) groups is 2. The van der Waals surface area contributed by atoms with E-state index in [0.29, 0.717) is 25.9 Å². The number of fused-ring (bicyclic) bond motifs is 1. The van der Waals surface area contributed by atoms with Crippen LogP contribution in [0, 0.1) is 0 Å². The Balaban J connectivity index is 1.18. The van der Waals surface area contributed by atoms with E-state index in [2.05, 4.69) is 27.8 Å². The number of benzene rings is 3. The van der Waals surface area contributed by atoms with Gasteiger partial charge in [-0.05, 0) is 72.9 Å². The zero-order chi connectivity index (χ0) is 25.6. The number of carbonyl (C=O) groups excluding carboxylic acids is 2. The number of H-pyrrole nitrogens is 1. The molecule has 2 heterocycles. The van der Waals surface area contributed by atoms with Gasteiger partial charge in [0.15, 0.2) is 0 Å². The van der Waals surface area contributed by atoms with Gasteiger partial charge in [-0.15, -0.1) is 0 Å². The topological polar surface area (TPSA) is 86.5 Å². The number of nitrogens with one attached hydrogen (secondary N) is 3. The average Bonchev–Trinajstić information content (AvgIpc) is 3.31. The molecule has 7 heteroatoms. The lowest BCUT2D eigenvalue weighted by Gasteiger charge is -2.32. The van der Waals surface area contributed by atoms with E-state index < -0.39 is 0 Å². The lowest BCUT2D eigenvalue weighted by molar-refractivity contribution is -0.122. The number of nitrogens with zero attached hydrogens (tertiary/aromatic N) is 1. The van der Waals surface area contributed by atoms with Gasteiger partial charge in [0, 0.05) is 47.8 Å². The summed E-state index contributed by atoms with van der Waals surface area (Å²) >= 11 is 0. The number of ether oxygens (including phenoxy) is 1. The fourth-order valence-corrected chi connectivity index (χ4v) is 4.95. The first-order valence-electron chi connectivity index (χ1n) is 12.7. The highest BCUT2D eigenvalue weighted by Crippen LogP contribution is 2.32. The summed E-state index contributed by atoms with van der Waals surface area (Å²) in [4.78, 5) is 30.8. The minimum absolute atomic E-state index is 0.0400. The number of anilines is 1. The fraction of sp³-hybridized carbons (Fsp3) is 0.267. The number of urea groups is 1. The summed E-state index contributed by atoms with van der Waals surface area (Å²) < 4.78 is 5.30. The average molecular weight is 497 g/mol. The Morgan fingerprint density at radius 1 is 0.946 bits per heavy atom. The Morgan fingerprint density at radius 3 is 2.38 bits per heavy atom. The molecule has 1 aliphatic heterocycles. The first-order valence-corrected chi connectivity index (χ1v) is 12.7. The normalized spacial score (nSPS) is 13.9. The summed E-state index contributed by atoms with van der Waals surface area (Å²) in [5, 5.41) is 7.26. The first kappa shape index (κ1) is 24.4. The number of para-hydroxylation sites is 2. The molecule has 4 aromatic rings. The zero-order valence-electron chi connectivity index (χ0n) is 21.0. The van der Waals surface area contributed by atoms with Gasteiger partial charge in [0.2, 0.25) is 5.91 Å². The Labute approximate surface area is 216 Å². The number of aromatic amines is 1. The maximum Gasteiger partial charge on any atom is 0.321 e. The molecular formula is C30H32N4O3. The van der Waals surface area contributed by atoms with Gasteiger partial charge >= 0.3 is 6.03 Å². The molecule has 0 unspecified atom stereocenters. The molecule has 3 N–H and O–H groups in total. The summed E-state index contributed by atoms with van der Waals surface area (Å²) in [6.07, 6.45) is 2.53. The molecule has 0 saturated carbocycles. The zero-order valence-corrected chi connectivity index (χ0v) is 21.0. The van der Waals surface area contributed by atoms with Crippen molar-refractivity contribution in [3.63, 3.8) is 0 Å². The number of hydrogen-bond acceptors (Lipinski definition) is 3. The van der Waals surface area contributed by atoms with Crippen molar-refractivity contribution in [2.45, 2.75) is 31.7 Å². The molecule has 37 heavy (non-hydrogen) atoms. The third-order valence-electron chi connectivity index (χ3n) is 6.97. The van der Waals surface area contributed by atoms with Gasteiger partial charge in [-0.1, -0.05) is 36.4 Å². The molecule has 3 amide bonds.